The van der Waals surface area contributed by atoms with Crippen LogP contribution in [0, 0.1) is 0 Å². The number of nitrogens with two attached hydrogens (primary N) is 2. The van der Waals surface area contributed by atoms with Crippen LogP contribution in [-0.4, -0.2) is 19.8 Å². The molecule has 1 aromatic rings. The zero-order valence-corrected chi connectivity index (χ0v) is 10.4. The fourth-order valence-electron chi connectivity index (χ4n) is 0.958. The molecule has 18 heavy (non-hydrogen) atoms. The number of phenolic OH excluding ortho intramolecular Hbond substituents is 1. The Labute approximate surface area is 101 Å². The molecule has 1 atom stereocenters. The minimum Gasteiger partial charge on any atom is -0.506 e. The number of rotatable bonds is 4. The Kier molecular flexibility index (Phi) is 3.92. The Bertz CT molecular complexity index is 555. The summed E-state index contributed by atoms with van der Waals surface area (Å²) in [5.41, 5.74) is 10.3. The number of phenols is 1. The summed E-state index contributed by atoms with van der Waals surface area (Å²) in [6.45, 7) is 0. The molecule has 0 aliphatic rings. The molecular formula is C6H10N2O8P2. The maximum absolute atomic E-state index is 11.2. The molecule has 102 valence electrons. The molecule has 0 bridgehead atoms. The third-order valence-corrected chi connectivity index (χ3v) is 3.69. The van der Waals surface area contributed by atoms with E-state index in [1.54, 1.807) is 0 Å². The van der Waals surface area contributed by atoms with Crippen LogP contribution in [0.15, 0.2) is 12.1 Å². The van der Waals surface area contributed by atoms with Gasteiger partial charge in [-0.3, -0.25) is 4.89 Å². The lowest BCUT2D eigenvalue weighted by Gasteiger charge is -2.15. The third kappa shape index (κ3) is 4.19. The molecule has 0 amide bonds. The largest absolute Gasteiger partial charge is 0.536 e. The maximum Gasteiger partial charge on any atom is 0.536 e. The predicted octanol–water partition coefficient (Wildman–Crippen LogP) is 0.145. The molecule has 8 N–H and O–H groups in total. The smallest absolute Gasteiger partial charge is 0.506 e. The van der Waals surface area contributed by atoms with Crippen LogP contribution >= 0.6 is 15.6 Å². The van der Waals surface area contributed by atoms with Gasteiger partial charge in [0.1, 0.15) is 5.75 Å². The van der Waals surface area contributed by atoms with Gasteiger partial charge in [-0.05, 0) is 6.07 Å². The number of anilines is 2. The first-order chi connectivity index (χ1) is 8.00. The van der Waals surface area contributed by atoms with Crippen LogP contribution < -0.4 is 16.0 Å². The Morgan fingerprint density at radius 2 is 1.61 bits per heavy atom. The topological polar surface area (TPSA) is 186 Å². The minimum atomic E-state index is -5.23. The second-order valence-corrected chi connectivity index (χ2v) is 5.83. The van der Waals surface area contributed by atoms with Crippen LogP contribution in [0.5, 0.6) is 11.5 Å². The van der Waals surface area contributed by atoms with Crippen LogP contribution in [0.4, 0.5) is 11.4 Å². The summed E-state index contributed by atoms with van der Waals surface area (Å²) in [5, 5.41) is 9.23. The van der Waals surface area contributed by atoms with Crippen molar-refractivity contribution < 1.29 is 37.8 Å². The van der Waals surface area contributed by atoms with Gasteiger partial charge in [-0.2, -0.15) is 4.31 Å². The minimum absolute atomic E-state index is 0.108. The Morgan fingerprint density at radius 1 is 1.06 bits per heavy atom. The summed E-state index contributed by atoms with van der Waals surface area (Å²) in [4.78, 5) is 25.8. The second kappa shape index (κ2) is 4.77. The van der Waals surface area contributed by atoms with Gasteiger partial charge in [0.2, 0.25) is 0 Å². The summed E-state index contributed by atoms with van der Waals surface area (Å²) in [6.07, 6.45) is 0. The fraction of sp³-hybridized carbons (Fsp3) is 0. The first-order valence-electron chi connectivity index (χ1n) is 4.17. The maximum atomic E-state index is 11.2. The summed E-state index contributed by atoms with van der Waals surface area (Å²) in [6, 6.07) is 1.83. The van der Waals surface area contributed by atoms with E-state index in [0.29, 0.717) is 0 Å². The van der Waals surface area contributed by atoms with Crippen LogP contribution in [0.1, 0.15) is 0 Å². The molecule has 0 aliphatic carbocycles. The van der Waals surface area contributed by atoms with E-state index >= 15 is 0 Å². The number of benzene rings is 1. The average Bonchev–Trinajstić information content (AvgIpc) is 2.09. The highest BCUT2D eigenvalue weighted by Crippen LogP contribution is 2.58. The lowest BCUT2D eigenvalue weighted by Crippen LogP contribution is -2.00. The summed E-state index contributed by atoms with van der Waals surface area (Å²) in [7, 11) is -10.3. The van der Waals surface area contributed by atoms with E-state index in [1.165, 1.54) is 0 Å². The highest BCUT2D eigenvalue weighted by molar-refractivity contribution is 7.60. The van der Waals surface area contributed by atoms with Crippen molar-refractivity contribution in [3.63, 3.8) is 0 Å². The van der Waals surface area contributed by atoms with Crippen molar-refractivity contribution in [2.24, 2.45) is 0 Å². The summed E-state index contributed by atoms with van der Waals surface area (Å²) in [5.74, 6) is -1.00. The van der Waals surface area contributed by atoms with E-state index in [2.05, 4.69) is 8.83 Å². The standard InChI is InChI=1S/C6H10N2O8P2/c7-3-1-4(8)6(2-5(3)9)15-18(13,14)16-17(10,11)12/h1-2,9H,7-8H2,(H,13,14)(H2,10,11,12). The van der Waals surface area contributed by atoms with Crippen LogP contribution in [-0.2, 0) is 13.4 Å². The average molecular weight is 300 g/mol. The number of phosphoric ester groups is 1. The third-order valence-electron chi connectivity index (χ3n) is 1.58. The molecule has 1 rings (SSSR count). The number of hydrogen-bond donors (Lipinski definition) is 6. The van der Waals surface area contributed by atoms with Gasteiger partial charge in [-0.1, -0.05) is 0 Å². The first kappa shape index (κ1) is 14.8. The molecule has 0 radical (unpaired) electrons. The molecule has 0 saturated carbocycles. The molecule has 0 spiro atoms. The van der Waals surface area contributed by atoms with Crippen LogP contribution in [0.2, 0.25) is 0 Å². The molecule has 0 heterocycles. The number of nitrogen functional groups attached to an aromatic ring is 2. The van der Waals surface area contributed by atoms with E-state index in [-0.39, 0.29) is 11.4 Å². The highest BCUT2D eigenvalue weighted by atomic mass is 31.3. The second-order valence-electron chi connectivity index (χ2n) is 3.08. The zero-order chi connectivity index (χ0) is 14.1. The highest BCUT2D eigenvalue weighted by Gasteiger charge is 2.34. The number of hydrogen-bond acceptors (Lipinski definition) is 7. The lowest BCUT2D eigenvalue weighted by atomic mass is 10.2. The van der Waals surface area contributed by atoms with Crippen molar-refractivity contribution >= 4 is 27.0 Å². The number of phosphoric acid groups is 2. The van der Waals surface area contributed by atoms with Gasteiger partial charge < -0.3 is 30.9 Å². The molecule has 0 aromatic heterocycles. The SMILES string of the molecule is Nc1cc(N)c(OP(=O)(O)OP(=O)(O)O)cc1O. The normalized spacial score (nSPS) is 15.1. The molecule has 1 unspecified atom stereocenters. The van der Waals surface area contributed by atoms with Gasteiger partial charge in [0.05, 0.1) is 11.4 Å². The first-order valence-corrected chi connectivity index (χ1v) is 7.20. The van der Waals surface area contributed by atoms with E-state index in [1.807, 2.05) is 0 Å². The Balaban J connectivity index is 3.01. The Morgan fingerprint density at radius 3 is 2.11 bits per heavy atom. The molecular weight excluding hydrogens is 290 g/mol. The quantitative estimate of drug-likeness (QED) is 0.193. The molecule has 1 aromatic carbocycles. The molecule has 0 aliphatic heterocycles. The summed E-state index contributed by atoms with van der Waals surface area (Å²) < 4.78 is 29.4. The van der Waals surface area contributed by atoms with Gasteiger partial charge in [0, 0.05) is 6.07 Å². The van der Waals surface area contributed by atoms with Gasteiger partial charge in [0.25, 0.3) is 0 Å². The molecule has 12 heteroatoms. The monoisotopic (exact) mass is 300 g/mol. The van der Waals surface area contributed by atoms with Crippen molar-refractivity contribution in [3.8, 4) is 11.5 Å². The van der Waals surface area contributed by atoms with Crippen molar-refractivity contribution in [1.29, 1.82) is 0 Å². The van der Waals surface area contributed by atoms with Crippen molar-refractivity contribution in [3.05, 3.63) is 12.1 Å². The van der Waals surface area contributed by atoms with E-state index < -0.39 is 27.1 Å². The molecule has 0 saturated heterocycles. The van der Waals surface area contributed by atoms with Gasteiger partial charge >= 0.3 is 15.6 Å². The van der Waals surface area contributed by atoms with Gasteiger partial charge in [-0.15, -0.1) is 0 Å². The van der Waals surface area contributed by atoms with E-state index in [0.717, 1.165) is 12.1 Å². The van der Waals surface area contributed by atoms with Crippen molar-refractivity contribution in [2.45, 2.75) is 0 Å². The lowest BCUT2D eigenvalue weighted by molar-refractivity contribution is 0.229. The van der Waals surface area contributed by atoms with Gasteiger partial charge in [0.15, 0.2) is 5.75 Å². The van der Waals surface area contributed by atoms with Crippen molar-refractivity contribution in [2.75, 3.05) is 11.5 Å². The molecule has 0 fully saturated rings. The Hall–Kier alpha value is -1.28. The van der Waals surface area contributed by atoms with E-state index in [9.17, 15) is 14.2 Å². The van der Waals surface area contributed by atoms with Crippen LogP contribution in [0.3, 0.4) is 0 Å². The fourth-order valence-corrected chi connectivity index (χ4v) is 2.57. The van der Waals surface area contributed by atoms with Gasteiger partial charge in [-0.25, -0.2) is 9.13 Å². The van der Waals surface area contributed by atoms with E-state index in [4.69, 9.17) is 26.1 Å². The van der Waals surface area contributed by atoms with Crippen LogP contribution in [0.25, 0.3) is 0 Å². The van der Waals surface area contributed by atoms with Crippen molar-refractivity contribution in [1.82, 2.24) is 0 Å². The molecule has 10 nitrogen and oxygen atoms in total. The zero-order valence-electron chi connectivity index (χ0n) is 8.63. The summed E-state index contributed by atoms with van der Waals surface area (Å²) >= 11 is 0. The predicted molar refractivity (Wildman–Crippen MR) is 60.5 cm³/mol. The number of aromatic hydroxyl groups is 1.